The van der Waals surface area contributed by atoms with Crippen LogP contribution in [0.1, 0.15) is 5.56 Å². The van der Waals surface area contributed by atoms with Crippen molar-refractivity contribution >= 4 is 61.2 Å². The van der Waals surface area contributed by atoms with Crippen LogP contribution in [0, 0.1) is 0 Å². The Morgan fingerprint density at radius 1 is 0.577 bits per heavy atom. The van der Waals surface area contributed by atoms with Gasteiger partial charge < -0.3 is 4.90 Å². The number of benzene rings is 7. The van der Waals surface area contributed by atoms with Crippen molar-refractivity contribution in [3.8, 4) is 28.2 Å². The maximum Gasteiger partial charge on any atom is 0.164 e. The Morgan fingerprint density at radius 2 is 1.29 bits per heavy atom. The first kappa shape index (κ1) is 28.9. The Balaban J connectivity index is 1.21. The average molecular weight is 667 g/mol. The number of anilines is 1. The van der Waals surface area contributed by atoms with Gasteiger partial charge in [-0.1, -0.05) is 97.1 Å². The third-order valence-corrected chi connectivity index (χ3v) is 10.5. The predicted octanol–water partition coefficient (Wildman–Crippen LogP) is 10.3. The average Bonchev–Trinajstić information content (AvgIpc) is 3.80. The molecule has 2 aliphatic rings. The van der Waals surface area contributed by atoms with Gasteiger partial charge in [-0.15, -0.1) is 0 Å². The molecule has 52 heavy (non-hydrogen) atoms. The monoisotopic (exact) mass is 666 g/mol. The molecule has 0 bridgehead atoms. The van der Waals surface area contributed by atoms with Crippen LogP contribution in [-0.2, 0) is 0 Å². The second-order valence-electron chi connectivity index (χ2n) is 13.5. The van der Waals surface area contributed by atoms with E-state index in [1.807, 2.05) is 42.8 Å². The Labute approximate surface area is 299 Å². The number of rotatable bonds is 5. The molecule has 0 radical (unpaired) electrons. The predicted molar refractivity (Wildman–Crippen MR) is 214 cm³/mol. The summed E-state index contributed by atoms with van der Waals surface area (Å²) in [7, 11) is 0. The molecule has 6 nitrogen and oxygen atoms in total. The molecule has 0 spiro atoms. The zero-order chi connectivity index (χ0) is 34.2. The van der Waals surface area contributed by atoms with Gasteiger partial charge in [0, 0.05) is 34.9 Å². The zero-order valence-electron chi connectivity index (χ0n) is 28.0. The first-order valence-electron chi connectivity index (χ1n) is 17.6. The van der Waals surface area contributed by atoms with E-state index in [0.717, 1.165) is 56.5 Å². The fourth-order valence-corrected chi connectivity index (χ4v) is 8.18. The number of pyridine rings is 1. The van der Waals surface area contributed by atoms with E-state index in [-0.39, 0.29) is 12.2 Å². The van der Waals surface area contributed by atoms with Crippen molar-refractivity contribution in [1.82, 2.24) is 14.5 Å². The fraction of sp³-hybridized carbons (Fsp3) is 0.0435. The molecule has 0 saturated heterocycles. The molecule has 0 saturated carbocycles. The highest BCUT2D eigenvalue weighted by atomic mass is 15.4. The molecule has 0 fully saturated rings. The van der Waals surface area contributed by atoms with Gasteiger partial charge >= 0.3 is 0 Å². The van der Waals surface area contributed by atoms with E-state index in [4.69, 9.17) is 20.0 Å². The van der Waals surface area contributed by atoms with E-state index < -0.39 is 0 Å². The number of imidazole rings is 1. The van der Waals surface area contributed by atoms with Crippen molar-refractivity contribution in [3.63, 3.8) is 0 Å². The number of aliphatic imine (C=N–C) groups is 2. The third kappa shape index (κ3) is 4.37. The number of nitrogens with zero attached hydrogens (tertiary/aromatic N) is 6. The van der Waals surface area contributed by atoms with Crippen molar-refractivity contribution in [1.29, 1.82) is 0 Å². The second kappa shape index (κ2) is 11.3. The van der Waals surface area contributed by atoms with Gasteiger partial charge in [0.25, 0.3) is 0 Å². The van der Waals surface area contributed by atoms with E-state index in [9.17, 15) is 0 Å². The van der Waals surface area contributed by atoms with Gasteiger partial charge in [-0.05, 0) is 104 Å². The normalized spacial score (nSPS) is 16.8. The van der Waals surface area contributed by atoms with Gasteiger partial charge in [0.05, 0.1) is 0 Å². The van der Waals surface area contributed by atoms with Crippen molar-refractivity contribution in [2.75, 3.05) is 4.90 Å². The van der Waals surface area contributed by atoms with Gasteiger partial charge in [-0.2, -0.15) is 0 Å². The van der Waals surface area contributed by atoms with Crippen LogP contribution in [0.5, 0.6) is 0 Å². The molecule has 244 valence electrons. The Hall–Kier alpha value is -6.92. The summed E-state index contributed by atoms with van der Waals surface area (Å²) in [5.74, 6) is 1.70. The maximum absolute atomic E-state index is 5.36. The largest absolute Gasteiger partial charge is 0.301 e. The maximum atomic E-state index is 5.36. The number of allylic oxidation sites excluding steroid dienone is 1. The zero-order valence-corrected chi connectivity index (χ0v) is 28.0. The molecule has 9 aromatic rings. The summed E-state index contributed by atoms with van der Waals surface area (Å²) in [6.07, 6.45) is 7.70. The molecule has 4 heterocycles. The van der Waals surface area contributed by atoms with Crippen LogP contribution in [0.4, 0.5) is 5.69 Å². The second-order valence-corrected chi connectivity index (χ2v) is 13.5. The number of dihydropyridines is 1. The molecule has 0 amide bonds. The molecule has 7 aromatic carbocycles. The molecule has 2 unspecified atom stereocenters. The quantitative estimate of drug-likeness (QED) is 0.172. The highest BCUT2D eigenvalue weighted by Gasteiger charge is 2.37. The first-order chi connectivity index (χ1) is 25.8. The molecule has 0 N–H and O–H groups in total. The number of aromatic nitrogens is 3. The number of fused-ring (bicyclic) bond motifs is 2. The van der Waals surface area contributed by atoms with Crippen LogP contribution in [0.25, 0.3) is 71.7 Å². The standard InChI is InChI=1S/C46H30N6/c1-3-12-35(13-4-1)51-43(49-39-16-8-24-47-45(39)51)33-26-32(37-22-20-31-19-18-29-10-7-11-30-21-23-38(37)42(31)41(29)30)27-34(28-33)44-50-40-17-9-25-48-46(40)52(44)36-14-5-2-6-15-36/h1-28,39,45H. The van der Waals surface area contributed by atoms with Gasteiger partial charge in [-0.25, -0.2) is 9.97 Å². The molecule has 0 aliphatic carbocycles. The summed E-state index contributed by atoms with van der Waals surface area (Å²) in [6, 6.07) is 51.6. The van der Waals surface area contributed by atoms with Crippen molar-refractivity contribution in [3.05, 3.63) is 170 Å². The van der Waals surface area contributed by atoms with E-state index >= 15 is 0 Å². The van der Waals surface area contributed by atoms with Crippen LogP contribution in [0.2, 0.25) is 0 Å². The van der Waals surface area contributed by atoms with E-state index in [1.165, 1.54) is 32.3 Å². The lowest BCUT2D eigenvalue weighted by molar-refractivity contribution is 0.659. The minimum absolute atomic E-state index is 0.0973. The molecule has 6 heteroatoms. The summed E-state index contributed by atoms with van der Waals surface area (Å²) in [5.41, 5.74) is 7.94. The minimum atomic E-state index is -0.165. The number of hydrogen-bond acceptors (Lipinski definition) is 5. The highest BCUT2D eigenvalue weighted by Crippen LogP contribution is 2.42. The van der Waals surface area contributed by atoms with Gasteiger partial charge in [0.2, 0.25) is 0 Å². The van der Waals surface area contributed by atoms with Crippen molar-refractivity contribution in [2.45, 2.75) is 12.2 Å². The molecule has 2 atom stereocenters. The minimum Gasteiger partial charge on any atom is -0.301 e. The summed E-state index contributed by atoms with van der Waals surface area (Å²) >= 11 is 0. The summed E-state index contributed by atoms with van der Waals surface area (Å²) in [4.78, 5) is 22.6. The Kier molecular flexibility index (Phi) is 6.28. The van der Waals surface area contributed by atoms with E-state index in [0.29, 0.717) is 0 Å². The van der Waals surface area contributed by atoms with Crippen LogP contribution in [0.15, 0.2) is 174 Å². The molecule has 11 rings (SSSR count). The highest BCUT2D eigenvalue weighted by molar-refractivity contribution is 6.25. The Morgan fingerprint density at radius 3 is 2.12 bits per heavy atom. The van der Waals surface area contributed by atoms with Gasteiger partial charge in [-0.3, -0.25) is 14.6 Å². The Bertz CT molecular complexity index is 2910. The number of hydrogen-bond donors (Lipinski definition) is 0. The van der Waals surface area contributed by atoms with E-state index in [2.05, 4.69) is 137 Å². The number of amidine groups is 1. The van der Waals surface area contributed by atoms with Gasteiger partial charge in [0.1, 0.15) is 23.2 Å². The lowest BCUT2D eigenvalue weighted by Crippen LogP contribution is -2.39. The summed E-state index contributed by atoms with van der Waals surface area (Å²) in [6.45, 7) is 0. The molecular weight excluding hydrogens is 637 g/mol. The van der Waals surface area contributed by atoms with Crippen LogP contribution >= 0.6 is 0 Å². The van der Waals surface area contributed by atoms with Crippen LogP contribution in [-0.4, -0.2) is 38.8 Å². The van der Waals surface area contributed by atoms with Crippen molar-refractivity contribution < 1.29 is 0 Å². The summed E-state index contributed by atoms with van der Waals surface area (Å²) in [5, 5.41) is 7.55. The van der Waals surface area contributed by atoms with Crippen LogP contribution < -0.4 is 4.90 Å². The molecular formula is C46H30N6. The molecule has 2 aromatic heterocycles. The lowest BCUT2D eigenvalue weighted by atomic mass is 9.89. The fourth-order valence-electron chi connectivity index (χ4n) is 8.18. The topological polar surface area (TPSA) is 58.7 Å². The first-order valence-corrected chi connectivity index (χ1v) is 17.6. The summed E-state index contributed by atoms with van der Waals surface area (Å²) < 4.78 is 2.17. The lowest BCUT2D eigenvalue weighted by Gasteiger charge is -2.28. The molecule has 2 aliphatic heterocycles. The van der Waals surface area contributed by atoms with E-state index in [1.54, 1.807) is 0 Å². The number of para-hydroxylation sites is 2. The van der Waals surface area contributed by atoms with Gasteiger partial charge in [0.15, 0.2) is 11.8 Å². The van der Waals surface area contributed by atoms with Crippen molar-refractivity contribution in [2.24, 2.45) is 9.98 Å². The van der Waals surface area contributed by atoms with Crippen LogP contribution in [0.3, 0.4) is 0 Å². The third-order valence-electron chi connectivity index (χ3n) is 10.5. The smallest absolute Gasteiger partial charge is 0.164 e. The SMILES string of the molecule is C1=CC2N=C(c3cc(-c4ccc5ccc6cccc7ccc4c5c67)cc(-c4nc5cccnc5n4-c4ccccc4)c3)N(c3ccccc3)C2N=C1.